The molecule has 0 spiro atoms. The van der Waals surface area contributed by atoms with Crippen molar-refractivity contribution < 1.29 is 4.79 Å². The van der Waals surface area contributed by atoms with E-state index in [2.05, 4.69) is 20.6 Å². The number of carbonyl (C=O) groups is 1. The van der Waals surface area contributed by atoms with E-state index in [0.29, 0.717) is 5.69 Å². The predicted molar refractivity (Wildman–Crippen MR) is 108 cm³/mol. The van der Waals surface area contributed by atoms with Crippen LogP contribution in [0.15, 0.2) is 72.9 Å². The number of amides is 1. The highest BCUT2D eigenvalue weighted by Gasteiger charge is 2.23. The third kappa shape index (κ3) is 3.32. The highest BCUT2D eigenvalue weighted by atomic mass is 16.2. The maximum Gasteiger partial charge on any atom is 0.270 e. The van der Waals surface area contributed by atoms with E-state index in [-0.39, 0.29) is 11.9 Å². The Labute approximate surface area is 163 Å². The number of aryl methyl sites for hydroxylation is 1. The summed E-state index contributed by atoms with van der Waals surface area (Å²) >= 11 is 0. The van der Waals surface area contributed by atoms with E-state index in [0.717, 1.165) is 28.1 Å². The molecule has 0 aliphatic rings. The van der Waals surface area contributed by atoms with Crippen LogP contribution in [-0.2, 0) is 7.05 Å². The first-order valence-electron chi connectivity index (χ1n) is 9.09. The minimum atomic E-state index is -0.316. The van der Waals surface area contributed by atoms with Gasteiger partial charge in [-0.05, 0) is 18.6 Å². The van der Waals surface area contributed by atoms with Gasteiger partial charge in [0.1, 0.15) is 5.69 Å². The smallest absolute Gasteiger partial charge is 0.270 e. The van der Waals surface area contributed by atoms with E-state index in [9.17, 15) is 4.79 Å². The van der Waals surface area contributed by atoms with Crippen molar-refractivity contribution in [2.24, 2.45) is 7.05 Å². The van der Waals surface area contributed by atoms with E-state index in [1.807, 2.05) is 80.7 Å². The fourth-order valence-electron chi connectivity index (χ4n) is 3.34. The lowest BCUT2D eigenvalue weighted by Gasteiger charge is -2.19. The molecular weight excluding hydrogens is 350 g/mol. The van der Waals surface area contributed by atoms with Gasteiger partial charge in [-0.1, -0.05) is 60.7 Å². The molecule has 0 fully saturated rings. The molecular formula is C22H21N5O. The number of H-pyrrole nitrogens is 1. The Kier molecular flexibility index (Phi) is 4.76. The number of carbonyl (C=O) groups excluding carboxylic acids is 1. The number of benzene rings is 2. The molecule has 1 atom stereocenters. The molecule has 6 heteroatoms. The van der Waals surface area contributed by atoms with Crippen molar-refractivity contribution in [3.63, 3.8) is 0 Å². The highest BCUT2D eigenvalue weighted by molar-refractivity contribution is 5.95. The molecule has 6 nitrogen and oxygen atoms in total. The molecule has 0 saturated heterocycles. The van der Waals surface area contributed by atoms with Crippen molar-refractivity contribution in [1.82, 2.24) is 25.3 Å². The Morgan fingerprint density at radius 3 is 2.36 bits per heavy atom. The SMILES string of the molecule is Cc1c(-c2ccccc2)n[nH]c1C(=O)N[C@H](c1ccccc1)c1ccnn1C. The quantitative estimate of drug-likeness (QED) is 0.562. The summed E-state index contributed by atoms with van der Waals surface area (Å²) in [7, 11) is 1.87. The monoisotopic (exact) mass is 371 g/mol. The van der Waals surface area contributed by atoms with Crippen LogP contribution in [0.25, 0.3) is 11.3 Å². The molecule has 1 amide bonds. The average Bonchev–Trinajstić information content (AvgIpc) is 3.33. The van der Waals surface area contributed by atoms with Crippen LogP contribution >= 0.6 is 0 Å². The van der Waals surface area contributed by atoms with E-state index in [1.54, 1.807) is 10.9 Å². The first-order valence-corrected chi connectivity index (χ1v) is 9.09. The summed E-state index contributed by atoms with van der Waals surface area (Å²) in [6.07, 6.45) is 1.73. The first-order chi connectivity index (χ1) is 13.6. The van der Waals surface area contributed by atoms with Gasteiger partial charge in [0.2, 0.25) is 0 Å². The molecule has 0 bridgehead atoms. The minimum Gasteiger partial charge on any atom is -0.338 e. The maximum absolute atomic E-state index is 13.1. The van der Waals surface area contributed by atoms with E-state index >= 15 is 0 Å². The molecule has 0 aliphatic carbocycles. The van der Waals surface area contributed by atoms with Gasteiger partial charge < -0.3 is 5.32 Å². The average molecular weight is 371 g/mol. The van der Waals surface area contributed by atoms with Gasteiger partial charge in [-0.25, -0.2) is 0 Å². The molecule has 140 valence electrons. The van der Waals surface area contributed by atoms with Gasteiger partial charge in [-0.2, -0.15) is 10.2 Å². The summed E-state index contributed by atoms with van der Waals surface area (Å²) < 4.78 is 1.77. The minimum absolute atomic E-state index is 0.206. The van der Waals surface area contributed by atoms with Crippen molar-refractivity contribution >= 4 is 5.91 Å². The Morgan fingerprint density at radius 2 is 1.71 bits per heavy atom. The van der Waals surface area contributed by atoms with Gasteiger partial charge in [0.25, 0.3) is 5.91 Å². The summed E-state index contributed by atoms with van der Waals surface area (Å²) in [5.74, 6) is -0.206. The molecule has 0 aliphatic heterocycles. The summed E-state index contributed by atoms with van der Waals surface area (Å²) in [6, 6.07) is 21.3. The standard InChI is InChI=1S/C22H21N5O/c1-15-19(16-9-5-3-6-10-16)25-26-20(15)22(28)24-21(17-11-7-4-8-12-17)18-13-14-23-27(18)2/h3-14,21H,1-2H3,(H,24,28)(H,25,26)/t21-/m1/s1. The van der Waals surface area contributed by atoms with Gasteiger partial charge in [-0.15, -0.1) is 0 Å². The largest absolute Gasteiger partial charge is 0.338 e. The van der Waals surface area contributed by atoms with E-state index in [4.69, 9.17) is 0 Å². The number of hydrogen-bond acceptors (Lipinski definition) is 3. The van der Waals surface area contributed by atoms with Crippen molar-refractivity contribution in [2.75, 3.05) is 0 Å². The van der Waals surface area contributed by atoms with Crippen LogP contribution in [0.1, 0.15) is 33.4 Å². The Morgan fingerprint density at radius 1 is 1.04 bits per heavy atom. The number of hydrogen-bond donors (Lipinski definition) is 2. The Hall–Kier alpha value is -3.67. The lowest BCUT2D eigenvalue weighted by molar-refractivity contribution is 0.0936. The van der Waals surface area contributed by atoms with Gasteiger partial charge in [-0.3, -0.25) is 14.6 Å². The zero-order chi connectivity index (χ0) is 19.5. The van der Waals surface area contributed by atoms with Crippen LogP contribution in [0, 0.1) is 6.92 Å². The molecule has 2 heterocycles. The van der Waals surface area contributed by atoms with Crippen LogP contribution < -0.4 is 5.32 Å². The van der Waals surface area contributed by atoms with Crippen LogP contribution in [-0.4, -0.2) is 25.9 Å². The van der Waals surface area contributed by atoms with E-state index in [1.165, 1.54) is 0 Å². The molecule has 2 aromatic carbocycles. The lowest BCUT2D eigenvalue weighted by Crippen LogP contribution is -2.31. The second-order valence-electron chi connectivity index (χ2n) is 6.64. The zero-order valence-electron chi connectivity index (χ0n) is 15.8. The summed E-state index contributed by atoms with van der Waals surface area (Å²) in [4.78, 5) is 13.1. The second-order valence-corrected chi connectivity index (χ2v) is 6.64. The van der Waals surface area contributed by atoms with Gasteiger partial charge in [0.15, 0.2) is 0 Å². The van der Waals surface area contributed by atoms with Crippen molar-refractivity contribution in [3.8, 4) is 11.3 Å². The fourth-order valence-corrected chi connectivity index (χ4v) is 3.34. The van der Waals surface area contributed by atoms with Crippen LogP contribution in [0.5, 0.6) is 0 Å². The molecule has 0 unspecified atom stereocenters. The molecule has 2 N–H and O–H groups in total. The number of nitrogens with zero attached hydrogens (tertiary/aromatic N) is 3. The van der Waals surface area contributed by atoms with Gasteiger partial charge in [0, 0.05) is 24.4 Å². The number of aromatic nitrogens is 4. The number of aromatic amines is 1. The van der Waals surface area contributed by atoms with E-state index < -0.39 is 0 Å². The van der Waals surface area contributed by atoms with Crippen molar-refractivity contribution in [2.45, 2.75) is 13.0 Å². The highest BCUT2D eigenvalue weighted by Crippen LogP contribution is 2.25. The van der Waals surface area contributed by atoms with Crippen molar-refractivity contribution in [1.29, 1.82) is 0 Å². The number of rotatable bonds is 5. The molecule has 2 aromatic heterocycles. The molecule has 0 saturated carbocycles. The molecule has 4 rings (SSSR count). The fraction of sp³-hybridized carbons (Fsp3) is 0.136. The summed E-state index contributed by atoms with van der Waals surface area (Å²) in [5, 5.41) is 14.6. The van der Waals surface area contributed by atoms with Gasteiger partial charge >= 0.3 is 0 Å². The normalized spacial score (nSPS) is 11.9. The van der Waals surface area contributed by atoms with Gasteiger partial charge in [0.05, 0.1) is 17.4 Å². The summed E-state index contributed by atoms with van der Waals surface area (Å²) in [6.45, 7) is 1.91. The van der Waals surface area contributed by atoms with Crippen LogP contribution in [0.2, 0.25) is 0 Å². The number of nitrogens with one attached hydrogen (secondary N) is 2. The topological polar surface area (TPSA) is 75.6 Å². The van der Waals surface area contributed by atoms with Crippen molar-refractivity contribution in [3.05, 3.63) is 95.4 Å². The maximum atomic E-state index is 13.1. The molecule has 28 heavy (non-hydrogen) atoms. The zero-order valence-corrected chi connectivity index (χ0v) is 15.8. The lowest BCUT2D eigenvalue weighted by atomic mass is 10.0. The molecule has 0 radical (unpaired) electrons. The Balaban J connectivity index is 1.66. The van der Waals surface area contributed by atoms with Crippen LogP contribution in [0.4, 0.5) is 0 Å². The Bertz CT molecular complexity index is 1080. The second kappa shape index (κ2) is 7.52. The predicted octanol–water partition coefficient (Wildman–Crippen LogP) is 3.64. The summed E-state index contributed by atoms with van der Waals surface area (Å²) in [5.41, 5.74) is 4.92. The first kappa shape index (κ1) is 17.7. The third-order valence-electron chi connectivity index (χ3n) is 4.85. The molecule has 4 aromatic rings. The third-order valence-corrected chi connectivity index (χ3v) is 4.85. The van der Waals surface area contributed by atoms with Crippen LogP contribution in [0.3, 0.4) is 0 Å².